The number of piperidine rings is 1. The average Bonchev–Trinajstić information content (AvgIpc) is 2.61. The molecule has 25 heavy (non-hydrogen) atoms. The maximum atomic E-state index is 14.1. The fourth-order valence-corrected chi connectivity index (χ4v) is 3.48. The molecular weight excluding hydrogens is 343 g/mol. The van der Waals surface area contributed by atoms with Gasteiger partial charge in [-0.25, -0.2) is 4.39 Å². The molecule has 1 aromatic heterocycles. The second-order valence-electron chi connectivity index (χ2n) is 6.53. The van der Waals surface area contributed by atoms with Crippen molar-refractivity contribution in [3.05, 3.63) is 68.3 Å². The van der Waals surface area contributed by atoms with Gasteiger partial charge in [0.15, 0.2) is 0 Å². The van der Waals surface area contributed by atoms with E-state index in [9.17, 15) is 14.0 Å². The summed E-state index contributed by atoms with van der Waals surface area (Å²) < 4.78 is 15.6. The van der Waals surface area contributed by atoms with E-state index in [4.69, 9.17) is 11.6 Å². The van der Waals surface area contributed by atoms with Gasteiger partial charge in [0.2, 0.25) is 0 Å². The van der Waals surface area contributed by atoms with Gasteiger partial charge in [-0.3, -0.25) is 9.59 Å². The second-order valence-corrected chi connectivity index (χ2v) is 6.91. The predicted molar refractivity (Wildman–Crippen MR) is 95.7 cm³/mol. The highest BCUT2D eigenvalue weighted by Gasteiger charge is 2.28. The number of amides is 1. The molecule has 2 heterocycles. The molecule has 0 N–H and O–H groups in total. The fourth-order valence-electron chi connectivity index (χ4n) is 3.24. The lowest BCUT2D eigenvalue weighted by molar-refractivity contribution is 0.0708. The van der Waals surface area contributed by atoms with Crippen LogP contribution >= 0.6 is 11.6 Å². The summed E-state index contributed by atoms with van der Waals surface area (Å²) in [4.78, 5) is 26.1. The van der Waals surface area contributed by atoms with Gasteiger partial charge in [0.1, 0.15) is 5.82 Å². The summed E-state index contributed by atoms with van der Waals surface area (Å²) in [5.74, 6) is -0.723. The van der Waals surface area contributed by atoms with Crippen LogP contribution in [0.4, 0.5) is 4.39 Å². The van der Waals surface area contributed by atoms with Crippen molar-refractivity contribution in [2.24, 2.45) is 7.05 Å². The molecule has 0 spiro atoms. The SMILES string of the molecule is Cc1ccc(F)c(C(=O)N2CCC(c3ccn(C)c(=O)c3)CC2)c1Cl. The first kappa shape index (κ1) is 17.7. The number of hydrogen-bond donors (Lipinski definition) is 0. The number of nitrogens with zero attached hydrogens (tertiary/aromatic N) is 2. The molecule has 1 aliphatic heterocycles. The molecule has 0 aliphatic carbocycles. The highest BCUT2D eigenvalue weighted by molar-refractivity contribution is 6.34. The Bertz CT molecular complexity index is 870. The topological polar surface area (TPSA) is 42.3 Å². The minimum absolute atomic E-state index is 0.0374. The molecule has 1 aromatic carbocycles. The molecule has 1 fully saturated rings. The minimum atomic E-state index is -0.589. The van der Waals surface area contributed by atoms with E-state index in [1.807, 2.05) is 6.07 Å². The zero-order valence-corrected chi connectivity index (χ0v) is 15.0. The largest absolute Gasteiger partial charge is 0.338 e. The maximum Gasteiger partial charge on any atom is 0.258 e. The van der Waals surface area contributed by atoms with Gasteiger partial charge in [-0.05, 0) is 48.9 Å². The van der Waals surface area contributed by atoms with Gasteiger partial charge in [-0.1, -0.05) is 17.7 Å². The first-order valence-electron chi connectivity index (χ1n) is 8.29. The third-order valence-corrected chi connectivity index (χ3v) is 5.37. The standard InChI is InChI=1S/C19H20ClFN2O2/c1-12-3-4-15(21)17(18(12)20)19(25)23-9-6-13(7-10-23)14-5-8-22(2)16(24)11-14/h3-5,8,11,13H,6-7,9-10H2,1-2H3. The van der Waals surface area contributed by atoms with E-state index in [0.717, 1.165) is 18.4 Å². The zero-order valence-electron chi connectivity index (χ0n) is 14.3. The lowest BCUT2D eigenvalue weighted by Gasteiger charge is -2.32. The van der Waals surface area contributed by atoms with Crippen LogP contribution in [0.5, 0.6) is 0 Å². The van der Waals surface area contributed by atoms with Crippen LogP contribution in [0.1, 0.15) is 40.2 Å². The molecule has 2 aromatic rings. The number of hydrogen-bond acceptors (Lipinski definition) is 2. The molecule has 0 radical (unpaired) electrons. The first-order valence-corrected chi connectivity index (χ1v) is 8.66. The molecule has 0 saturated carbocycles. The summed E-state index contributed by atoms with van der Waals surface area (Å²) >= 11 is 6.14. The van der Waals surface area contributed by atoms with Crippen LogP contribution in [-0.2, 0) is 7.05 Å². The van der Waals surface area contributed by atoms with Crippen LogP contribution in [-0.4, -0.2) is 28.5 Å². The molecule has 0 unspecified atom stereocenters. The number of aromatic nitrogens is 1. The van der Waals surface area contributed by atoms with Gasteiger partial charge in [-0.2, -0.15) is 0 Å². The van der Waals surface area contributed by atoms with E-state index < -0.39 is 5.82 Å². The molecule has 1 saturated heterocycles. The van der Waals surface area contributed by atoms with Crippen molar-refractivity contribution in [3.8, 4) is 0 Å². The van der Waals surface area contributed by atoms with Crippen LogP contribution in [0, 0.1) is 12.7 Å². The van der Waals surface area contributed by atoms with E-state index in [1.165, 1.54) is 10.6 Å². The van der Waals surface area contributed by atoms with Crippen LogP contribution in [0.3, 0.4) is 0 Å². The Morgan fingerprint density at radius 3 is 2.56 bits per heavy atom. The summed E-state index contributed by atoms with van der Waals surface area (Å²) in [6.45, 7) is 2.78. The number of rotatable bonds is 2. The molecule has 4 nitrogen and oxygen atoms in total. The van der Waals surface area contributed by atoms with Gasteiger partial charge in [-0.15, -0.1) is 0 Å². The number of carbonyl (C=O) groups is 1. The van der Waals surface area contributed by atoms with Crippen molar-refractivity contribution in [1.29, 1.82) is 0 Å². The van der Waals surface area contributed by atoms with Gasteiger partial charge in [0, 0.05) is 32.4 Å². The molecule has 0 atom stereocenters. The van der Waals surface area contributed by atoms with Crippen molar-refractivity contribution >= 4 is 17.5 Å². The number of carbonyl (C=O) groups excluding carboxylic acids is 1. The molecular formula is C19H20ClFN2O2. The van der Waals surface area contributed by atoms with Gasteiger partial charge >= 0.3 is 0 Å². The summed E-state index contributed by atoms with van der Waals surface area (Å²) in [6.07, 6.45) is 3.24. The lowest BCUT2D eigenvalue weighted by atomic mass is 9.89. The number of halogens is 2. The summed E-state index contributed by atoms with van der Waals surface area (Å²) in [5.41, 5.74) is 1.59. The van der Waals surface area contributed by atoms with Crippen LogP contribution in [0.15, 0.2) is 35.3 Å². The zero-order chi connectivity index (χ0) is 18.1. The molecule has 1 aliphatic rings. The lowest BCUT2D eigenvalue weighted by Crippen LogP contribution is -2.38. The van der Waals surface area contributed by atoms with Crippen LogP contribution in [0.2, 0.25) is 5.02 Å². The van der Waals surface area contributed by atoms with Gasteiger partial charge < -0.3 is 9.47 Å². The van der Waals surface area contributed by atoms with Crippen molar-refractivity contribution in [3.63, 3.8) is 0 Å². The number of likely N-dealkylation sites (tertiary alicyclic amines) is 1. The Morgan fingerprint density at radius 2 is 1.92 bits per heavy atom. The molecule has 3 rings (SSSR count). The highest BCUT2D eigenvalue weighted by Crippen LogP contribution is 2.30. The Balaban J connectivity index is 1.74. The summed E-state index contributed by atoms with van der Waals surface area (Å²) in [7, 11) is 1.72. The van der Waals surface area contributed by atoms with E-state index in [2.05, 4.69) is 0 Å². The highest BCUT2D eigenvalue weighted by atomic mass is 35.5. The molecule has 1 amide bonds. The Morgan fingerprint density at radius 1 is 1.24 bits per heavy atom. The number of benzene rings is 1. The third-order valence-electron chi connectivity index (χ3n) is 4.88. The minimum Gasteiger partial charge on any atom is -0.338 e. The quantitative estimate of drug-likeness (QED) is 0.820. The first-order chi connectivity index (χ1) is 11.9. The second kappa shape index (κ2) is 7.00. The number of aryl methyl sites for hydroxylation is 2. The van der Waals surface area contributed by atoms with Crippen LogP contribution < -0.4 is 5.56 Å². The smallest absolute Gasteiger partial charge is 0.258 e. The van der Waals surface area contributed by atoms with Crippen molar-refractivity contribution in [1.82, 2.24) is 9.47 Å². The summed E-state index contributed by atoms with van der Waals surface area (Å²) in [6, 6.07) is 6.44. The Kier molecular flexibility index (Phi) is 4.95. The molecule has 0 bridgehead atoms. The van der Waals surface area contributed by atoms with Crippen molar-refractivity contribution < 1.29 is 9.18 Å². The van der Waals surface area contributed by atoms with Crippen molar-refractivity contribution in [2.45, 2.75) is 25.7 Å². The number of pyridine rings is 1. The summed E-state index contributed by atoms with van der Waals surface area (Å²) in [5, 5.41) is 0.179. The average molecular weight is 363 g/mol. The fraction of sp³-hybridized carbons (Fsp3) is 0.368. The molecule has 6 heteroatoms. The van der Waals surface area contributed by atoms with E-state index in [1.54, 1.807) is 37.2 Å². The maximum absolute atomic E-state index is 14.1. The van der Waals surface area contributed by atoms with Gasteiger partial charge in [0.25, 0.3) is 11.5 Å². The van der Waals surface area contributed by atoms with E-state index in [-0.39, 0.29) is 28.0 Å². The third kappa shape index (κ3) is 3.47. The Hall–Kier alpha value is -2.14. The van der Waals surface area contributed by atoms with E-state index >= 15 is 0 Å². The van der Waals surface area contributed by atoms with E-state index in [0.29, 0.717) is 18.7 Å². The normalized spacial score (nSPS) is 15.4. The Labute approximate surface area is 150 Å². The van der Waals surface area contributed by atoms with Crippen LogP contribution in [0.25, 0.3) is 0 Å². The van der Waals surface area contributed by atoms with Crippen molar-refractivity contribution in [2.75, 3.05) is 13.1 Å². The molecule has 132 valence electrons. The predicted octanol–water partition coefficient (Wildman–Crippen LogP) is 3.51. The monoisotopic (exact) mass is 362 g/mol. The van der Waals surface area contributed by atoms with Gasteiger partial charge in [0.05, 0.1) is 10.6 Å².